The molecule has 0 bridgehead atoms. The van der Waals surface area contributed by atoms with Crippen LogP contribution in [0.3, 0.4) is 0 Å². The summed E-state index contributed by atoms with van der Waals surface area (Å²) >= 11 is 17.7. The molecular weight excluding hydrogens is 282 g/mol. The molecule has 0 amide bonds. The summed E-state index contributed by atoms with van der Waals surface area (Å²) in [5.74, 6) is 0.643. The molecule has 2 aromatic rings. The minimum absolute atomic E-state index is 0.0534. The molecule has 2 aromatic carbocycles. The maximum absolute atomic E-state index is 9.43. The van der Waals surface area contributed by atoms with Gasteiger partial charge in [-0.15, -0.1) is 0 Å². The van der Waals surface area contributed by atoms with Crippen LogP contribution in [0.5, 0.6) is 17.2 Å². The summed E-state index contributed by atoms with van der Waals surface area (Å²) in [5, 5.41) is 10.5. The fourth-order valence-electron chi connectivity index (χ4n) is 1.25. The van der Waals surface area contributed by atoms with E-state index in [2.05, 4.69) is 0 Å². The van der Waals surface area contributed by atoms with Crippen molar-refractivity contribution >= 4 is 34.8 Å². The summed E-state index contributed by atoms with van der Waals surface area (Å²) in [4.78, 5) is 0. The van der Waals surface area contributed by atoms with E-state index in [0.29, 0.717) is 21.5 Å². The molecule has 0 aliphatic carbocycles. The van der Waals surface area contributed by atoms with Crippen LogP contribution >= 0.6 is 34.8 Å². The van der Waals surface area contributed by atoms with Crippen LogP contribution in [0.15, 0.2) is 36.4 Å². The van der Waals surface area contributed by atoms with Crippen molar-refractivity contribution in [1.82, 2.24) is 0 Å². The fourth-order valence-corrected chi connectivity index (χ4v) is 1.73. The second-order valence-corrected chi connectivity index (χ2v) is 4.49. The molecule has 0 unspecified atom stereocenters. The number of ether oxygens (including phenoxy) is 1. The second-order valence-electron chi connectivity index (χ2n) is 3.27. The lowest BCUT2D eigenvalue weighted by molar-refractivity contribution is 0.456. The molecule has 0 radical (unpaired) electrons. The third-order valence-electron chi connectivity index (χ3n) is 2.06. The molecule has 0 aromatic heterocycles. The molecular formula is C12H7Cl3O2. The highest BCUT2D eigenvalue weighted by Crippen LogP contribution is 2.38. The molecule has 0 heterocycles. The molecule has 0 saturated carbocycles. The van der Waals surface area contributed by atoms with Crippen LogP contribution in [0.25, 0.3) is 0 Å². The van der Waals surface area contributed by atoms with Gasteiger partial charge in [-0.1, -0.05) is 40.9 Å². The number of phenols is 1. The minimum atomic E-state index is -0.0534. The first-order chi connectivity index (χ1) is 8.08. The predicted molar refractivity (Wildman–Crippen MR) is 69.7 cm³/mol. The van der Waals surface area contributed by atoms with Crippen LogP contribution < -0.4 is 4.74 Å². The van der Waals surface area contributed by atoms with E-state index in [9.17, 15) is 5.11 Å². The zero-order chi connectivity index (χ0) is 12.4. The summed E-state index contributed by atoms with van der Waals surface area (Å²) in [6.07, 6.45) is 0. The molecule has 0 aliphatic rings. The number of hydrogen-bond acceptors (Lipinski definition) is 2. The molecule has 17 heavy (non-hydrogen) atoms. The van der Waals surface area contributed by atoms with Crippen LogP contribution in [0.1, 0.15) is 0 Å². The molecule has 0 fully saturated rings. The maximum Gasteiger partial charge on any atom is 0.149 e. The Bertz CT molecular complexity index is 555. The zero-order valence-electron chi connectivity index (χ0n) is 8.45. The highest BCUT2D eigenvalue weighted by molar-refractivity contribution is 6.34. The summed E-state index contributed by atoms with van der Waals surface area (Å²) < 4.78 is 5.49. The molecule has 0 atom stereocenters. The van der Waals surface area contributed by atoms with Gasteiger partial charge in [0.2, 0.25) is 0 Å². The Balaban J connectivity index is 2.38. The first-order valence-corrected chi connectivity index (χ1v) is 5.81. The third kappa shape index (κ3) is 2.78. The molecule has 0 saturated heterocycles. The summed E-state index contributed by atoms with van der Waals surface area (Å²) in [5.41, 5.74) is 0. The van der Waals surface area contributed by atoms with Gasteiger partial charge in [-0.25, -0.2) is 0 Å². The lowest BCUT2D eigenvalue weighted by Gasteiger charge is -2.10. The molecule has 2 nitrogen and oxygen atoms in total. The lowest BCUT2D eigenvalue weighted by Crippen LogP contribution is -1.86. The van der Waals surface area contributed by atoms with Crippen molar-refractivity contribution in [3.05, 3.63) is 51.5 Å². The quantitative estimate of drug-likeness (QED) is 0.829. The van der Waals surface area contributed by atoms with Gasteiger partial charge in [0.05, 0.1) is 5.02 Å². The van der Waals surface area contributed by atoms with Crippen LogP contribution in [0.4, 0.5) is 0 Å². The highest BCUT2D eigenvalue weighted by Gasteiger charge is 2.09. The Kier molecular flexibility index (Phi) is 3.67. The van der Waals surface area contributed by atoms with E-state index in [4.69, 9.17) is 39.5 Å². The Morgan fingerprint density at radius 1 is 0.941 bits per heavy atom. The predicted octanol–water partition coefficient (Wildman–Crippen LogP) is 5.14. The first kappa shape index (κ1) is 12.4. The van der Waals surface area contributed by atoms with Crippen LogP contribution in [-0.4, -0.2) is 5.11 Å². The smallest absolute Gasteiger partial charge is 0.149 e. The Morgan fingerprint density at radius 3 is 2.47 bits per heavy atom. The number of halogens is 3. The molecule has 0 aliphatic heterocycles. The zero-order valence-corrected chi connectivity index (χ0v) is 10.7. The largest absolute Gasteiger partial charge is 0.506 e. The third-order valence-corrected chi connectivity index (χ3v) is 2.98. The normalized spacial score (nSPS) is 10.3. The van der Waals surface area contributed by atoms with Crippen molar-refractivity contribution in [2.24, 2.45) is 0 Å². The number of rotatable bonds is 2. The van der Waals surface area contributed by atoms with Crippen LogP contribution in [0.2, 0.25) is 15.1 Å². The van der Waals surface area contributed by atoms with Gasteiger partial charge >= 0.3 is 0 Å². The summed E-state index contributed by atoms with van der Waals surface area (Å²) in [6, 6.07) is 9.56. The number of hydrogen-bond donors (Lipinski definition) is 1. The highest BCUT2D eigenvalue weighted by atomic mass is 35.5. The van der Waals surface area contributed by atoms with Gasteiger partial charge in [-0.2, -0.15) is 0 Å². The fraction of sp³-hybridized carbons (Fsp3) is 0. The van der Waals surface area contributed by atoms with E-state index >= 15 is 0 Å². The first-order valence-electron chi connectivity index (χ1n) is 4.68. The van der Waals surface area contributed by atoms with Crippen molar-refractivity contribution < 1.29 is 9.84 Å². The molecule has 2 rings (SSSR count). The van der Waals surface area contributed by atoms with Gasteiger partial charge in [0.25, 0.3) is 0 Å². The van der Waals surface area contributed by atoms with Gasteiger partial charge in [-0.05, 0) is 24.3 Å². The van der Waals surface area contributed by atoms with Crippen molar-refractivity contribution in [3.8, 4) is 17.2 Å². The number of benzene rings is 2. The number of aromatic hydroxyl groups is 1. The monoisotopic (exact) mass is 288 g/mol. The molecule has 88 valence electrons. The average Bonchev–Trinajstić information content (AvgIpc) is 2.30. The number of phenolic OH excluding ortho intramolecular Hbond substituents is 1. The molecule has 1 N–H and O–H groups in total. The van der Waals surface area contributed by atoms with Gasteiger partial charge in [0.1, 0.15) is 22.3 Å². The van der Waals surface area contributed by atoms with E-state index < -0.39 is 0 Å². The summed E-state index contributed by atoms with van der Waals surface area (Å²) in [7, 11) is 0. The molecule has 5 heteroatoms. The van der Waals surface area contributed by atoms with Crippen molar-refractivity contribution in [3.63, 3.8) is 0 Å². The van der Waals surface area contributed by atoms with Crippen LogP contribution in [0, 0.1) is 0 Å². The van der Waals surface area contributed by atoms with E-state index in [1.165, 1.54) is 6.07 Å². The maximum atomic E-state index is 9.43. The Morgan fingerprint density at radius 2 is 1.71 bits per heavy atom. The van der Waals surface area contributed by atoms with Crippen molar-refractivity contribution in [2.45, 2.75) is 0 Å². The SMILES string of the molecule is Oc1cccc(Oc2cc(Cl)ccc2Cl)c1Cl. The molecule has 0 spiro atoms. The Hall–Kier alpha value is -1.09. The van der Waals surface area contributed by atoms with E-state index in [-0.39, 0.29) is 10.8 Å². The summed E-state index contributed by atoms with van der Waals surface area (Å²) in [6.45, 7) is 0. The van der Waals surface area contributed by atoms with Gasteiger partial charge in [0.15, 0.2) is 0 Å². The van der Waals surface area contributed by atoms with Gasteiger partial charge < -0.3 is 9.84 Å². The second kappa shape index (κ2) is 5.05. The Labute approximate surface area is 113 Å². The van der Waals surface area contributed by atoms with E-state index in [1.807, 2.05) is 0 Å². The van der Waals surface area contributed by atoms with Gasteiger partial charge in [0, 0.05) is 11.1 Å². The van der Waals surface area contributed by atoms with Gasteiger partial charge in [-0.3, -0.25) is 0 Å². The topological polar surface area (TPSA) is 29.5 Å². The van der Waals surface area contributed by atoms with Crippen LogP contribution in [-0.2, 0) is 0 Å². The lowest BCUT2D eigenvalue weighted by atomic mass is 10.3. The van der Waals surface area contributed by atoms with E-state index in [0.717, 1.165) is 0 Å². The minimum Gasteiger partial charge on any atom is -0.506 e. The van der Waals surface area contributed by atoms with Crippen molar-refractivity contribution in [2.75, 3.05) is 0 Å². The standard InChI is InChI=1S/C12H7Cl3O2/c13-7-4-5-8(14)11(6-7)17-10-3-1-2-9(16)12(10)15/h1-6,16H. The van der Waals surface area contributed by atoms with E-state index in [1.54, 1.807) is 30.3 Å². The van der Waals surface area contributed by atoms with Crippen molar-refractivity contribution in [1.29, 1.82) is 0 Å². The average molecular weight is 290 g/mol.